The zero-order valence-electron chi connectivity index (χ0n) is 18.0. The molecule has 1 aromatic carbocycles. The smallest absolute Gasteiger partial charge is 0.790 e. The standard InChI is InChI=1S/C17H20N3O10P.2Na/c1-28-10-4-2-9(3-5-10)15(23)18-12-6-7-20(17(24)19-12)16-14(22)13(21)11(30-16)8-29-31(25,26)27;;/h2-7,11,13-14,16,21-22H,8H2,1H3,(H2,25,26,27)(H,18,19,23,24);;/q;2*+1/p-2/t11-,13-,14-,16-;;/m1../s1. The van der Waals surface area contributed by atoms with E-state index in [1.165, 1.54) is 25.3 Å². The molecule has 168 valence electrons. The number of nitrogens with zero attached hydrogens (tertiary/aromatic N) is 2. The van der Waals surface area contributed by atoms with Crippen LogP contribution in [0.2, 0.25) is 0 Å². The summed E-state index contributed by atoms with van der Waals surface area (Å²) in [7, 11) is -3.83. The predicted molar refractivity (Wildman–Crippen MR) is 98.9 cm³/mol. The van der Waals surface area contributed by atoms with E-state index >= 15 is 0 Å². The van der Waals surface area contributed by atoms with Gasteiger partial charge in [0.25, 0.3) is 5.91 Å². The Morgan fingerprint density at radius 2 is 1.85 bits per heavy atom. The number of nitrogens with one attached hydrogen (secondary N) is 1. The molecule has 0 radical (unpaired) electrons. The van der Waals surface area contributed by atoms with E-state index in [1.54, 1.807) is 12.1 Å². The second-order valence-electron chi connectivity index (χ2n) is 6.47. The van der Waals surface area contributed by atoms with Crippen molar-refractivity contribution in [1.29, 1.82) is 0 Å². The van der Waals surface area contributed by atoms with Crippen molar-refractivity contribution in [2.45, 2.75) is 24.5 Å². The Labute approximate surface area is 231 Å². The Morgan fingerprint density at radius 1 is 1.21 bits per heavy atom. The SMILES string of the molecule is COc1ccc(C(=O)Nc2ccn([C@@H]3O[C@H](COP(=O)([O-])[O-])[C@@H](O)[C@H]3O)c(=O)n2)cc1.[Na+].[Na+]. The van der Waals surface area contributed by atoms with E-state index in [9.17, 15) is 34.2 Å². The van der Waals surface area contributed by atoms with Crippen molar-refractivity contribution < 1.29 is 102 Å². The van der Waals surface area contributed by atoms with E-state index in [0.29, 0.717) is 11.3 Å². The number of aliphatic hydroxyl groups is 2. The normalized spacial score (nSPS) is 22.1. The summed E-state index contributed by atoms with van der Waals surface area (Å²) < 4.78 is 25.8. The van der Waals surface area contributed by atoms with Gasteiger partial charge in [-0.25, -0.2) is 4.79 Å². The molecule has 1 fully saturated rings. The largest absolute Gasteiger partial charge is 1.00 e. The van der Waals surface area contributed by atoms with Gasteiger partial charge in [-0.05, 0) is 30.3 Å². The van der Waals surface area contributed by atoms with Gasteiger partial charge in [-0.15, -0.1) is 0 Å². The quantitative estimate of drug-likeness (QED) is 0.241. The van der Waals surface area contributed by atoms with Crippen LogP contribution in [-0.2, 0) is 13.8 Å². The third-order valence-corrected chi connectivity index (χ3v) is 4.90. The molecule has 0 unspecified atom stereocenters. The van der Waals surface area contributed by atoms with Gasteiger partial charge >= 0.3 is 64.8 Å². The van der Waals surface area contributed by atoms with Gasteiger partial charge in [0.2, 0.25) is 0 Å². The number of carbonyl (C=O) groups excluding carboxylic acids is 1. The summed E-state index contributed by atoms with van der Waals surface area (Å²) in [6, 6.07) is 7.47. The Morgan fingerprint density at radius 3 is 2.39 bits per heavy atom. The van der Waals surface area contributed by atoms with Crippen LogP contribution in [0.4, 0.5) is 5.82 Å². The average Bonchev–Trinajstić information content (AvgIpc) is 3.00. The van der Waals surface area contributed by atoms with Crippen molar-refractivity contribution in [1.82, 2.24) is 9.55 Å². The van der Waals surface area contributed by atoms with E-state index < -0.39 is 50.6 Å². The van der Waals surface area contributed by atoms with Crippen LogP contribution in [0.25, 0.3) is 0 Å². The number of benzene rings is 1. The first kappa shape index (κ1) is 30.4. The summed E-state index contributed by atoms with van der Waals surface area (Å²) in [6.45, 7) is -0.836. The maximum absolute atomic E-state index is 12.3. The second-order valence-corrected chi connectivity index (χ2v) is 7.63. The number of phosphoric acid groups is 1. The Bertz CT molecular complexity index is 1050. The Hall–Kier alpha value is -0.640. The molecule has 2 aromatic rings. The molecule has 0 saturated carbocycles. The number of hydrogen-bond donors (Lipinski definition) is 3. The molecule has 1 aliphatic rings. The Kier molecular flexibility index (Phi) is 11.9. The van der Waals surface area contributed by atoms with Crippen molar-refractivity contribution in [3.63, 3.8) is 0 Å². The predicted octanol–water partition coefficient (Wildman–Crippen LogP) is -8.02. The summed E-state index contributed by atoms with van der Waals surface area (Å²) in [4.78, 5) is 49.5. The van der Waals surface area contributed by atoms with Crippen LogP contribution in [0.5, 0.6) is 5.75 Å². The Balaban J connectivity index is 0.00000272. The van der Waals surface area contributed by atoms with Gasteiger partial charge in [-0.2, -0.15) is 4.98 Å². The number of rotatable bonds is 7. The van der Waals surface area contributed by atoms with Gasteiger partial charge in [0.15, 0.2) is 6.23 Å². The minimum atomic E-state index is -5.32. The molecule has 3 rings (SSSR count). The summed E-state index contributed by atoms with van der Waals surface area (Å²) in [5, 5.41) is 22.5. The molecular formula is C17H18N3Na2O10P. The van der Waals surface area contributed by atoms with Crippen molar-refractivity contribution in [2.24, 2.45) is 0 Å². The molecule has 0 spiro atoms. The minimum Gasteiger partial charge on any atom is -0.790 e. The van der Waals surface area contributed by atoms with Gasteiger partial charge in [0.1, 0.15) is 29.9 Å². The fraction of sp³-hybridized carbons (Fsp3) is 0.353. The van der Waals surface area contributed by atoms with Gasteiger partial charge in [-0.1, -0.05) is 0 Å². The fourth-order valence-corrected chi connectivity index (χ4v) is 3.20. The number of aliphatic hydroxyl groups excluding tert-OH is 2. The first-order valence-corrected chi connectivity index (χ1v) is 10.3. The maximum Gasteiger partial charge on any atom is 1.00 e. The van der Waals surface area contributed by atoms with E-state index in [0.717, 1.165) is 10.8 Å². The van der Waals surface area contributed by atoms with Crippen molar-refractivity contribution in [2.75, 3.05) is 19.0 Å². The van der Waals surface area contributed by atoms with Crippen molar-refractivity contribution in [3.05, 3.63) is 52.6 Å². The van der Waals surface area contributed by atoms with Crippen LogP contribution < -0.4 is 84.6 Å². The van der Waals surface area contributed by atoms with Gasteiger partial charge in [0.05, 0.1) is 21.5 Å². The summed E-state index contributed by atoms with van der Waals surface area (Å²) in [5.74, 6) is -0.0445. The van der Waals surface area contributed by atoms with Crippen LogP contribution in [0.1, 0.15) is 16.6 Å². The molecule has 4 atom stereocenters. The van der Waals surface area contributed by atoms with Crippen LogP contribution in [0.3, 0.4) is 0 Å². The number of hydrogen-bond acceptors (Lipinski definition) is 11. The number of ether oxygens (including phenoxy) is 2. The van der Waals surface area contributed by atoms with E-state index in [-0.39, 0.29) is 64.9 Å². The summed E-state index contributed by atoms with van der Waals surface area (Å²) in [5.41, 5.74) is -0.634. The van der Waals surface area contributed by atoms with E-state index in [4.69, 9.17) is 9.47 Å². The number of aromatic nitrogens is 2. The zero-order chi connectivity index (χ0) is 22.8. The van der Waals surface area contributed by atoms with Gasteiger partial charge in [0, 0.05) is 11.8 Å². The van der Waals surface area contributed by atoms with Gasteiger partial charge < -0.3 is 43.9 Å². The maximum atomic E-state index is 12.3. The average molecular weight is 501 g/mol. The molecule has 13 nitrogen and oxygen atoms in total. The molecule has 1 saturated heterocycles. The van der Waals surface area contributed by atoms with Gasteiger partial charge in [-0.3, -0.25) is 9.36 Å². The van der Waals surface area contributed by atoms with Crippen LogP contribution >= 0.6 is 7.82 Å². The first-order chi connectivity index (χ1) is 14.6. The molecule has 1 aromatic heterocycles. The monoisotopic (exact) mass is 501 g/mol. The van der Waals surface area contributed by atoms with Crippen LogP contribution in [0.15, 0.2) is 41.3 Å². The number of amides is 1. The molecule has 3 N–H and O–H groups in total. The summed E-state index contributed by atoms with van der Waals surface area (Å²) in [6.07, 6.45) is -4.90. The van der Waals surface area contributed by atoms with E-state index in [1.807, 2.05) is 0 Å². The first-order valence-electron chi connectivity index (χ1n) is 8.82. The van der Waals surface area contributed by atoms with Crippen LogP contribution in [0, 0.1) is 0 Å². The van der Waals surface area contributed by atoms with Crippen molar-refractivity contribution in [3.8, 4) is 5.75 Å². The minimum absolute atomic E-state index is 0. The molecular weight excluding hydrogens is 483 g/mol. The van der Waals surface area contributed by atoms with Crippen molar-refractivity contribution >= 4 is 19.5 Å². The molecule has 0 aliphatic carbocycles. The number of methoxy groups -OCH3 is 1. The fourth-order valence-electron chi connectivity index (χ4n) is 2.87. The van der Waals surface area contributed by atoms with Crippen LogP contribution in [-0.4, -0.2) is 57.7 Å². The zero-order valence-corrected chi connectivity index (χ0v) is 22.9. The molecule has 2 heterocycles. The summed E-state index contributed by atoms with van der Waals surface area (Å²) >= 11 is 0. The third kappa shape index (κ3) is 7.94. The van der Waals surface area contributed by atoms with E-state index in [2.05, 4.69) is 14.8 Å². The number of carbonyl (C=O) groups is 1. The molecule has 1 aliphatic heterocycles. The topological polar surface area (TPSA) is 195 Å². The second kappa shape index (κ2) is 12.9. The number of phosphoric ester groups is 1. The third-order valence-electron chi connectivity index (χ3n) is 4.43. The molecule has 33 heavy (non-hydrogen) atoms. The molecule has 1 amide bonds. The molecule has 0 bridgehead atoms. The molecule has 16 heteroatoms. The number of anilines is 1.